The number of tetrazole rings is 1. The molecule has 6 nitrogen and oxygen atoms in total. The summed E-state index contributed by atoms with van der Waals surface area (Å²) in [5.41, 5.74) is 5.91. The standard InChI is InChI=1S/C8H11NO.C7H5N4/c9-6-5-7-1-3-8(10)4-2-7;1-2-4-6(5-3-1)7-8-10-11-9-7/h1-4,10H,5-6,9H2;1-5H/q;-1/p+1. The predicted molar refractivity (Wildman–Crippen MR) is 78.1 cm³/mol. The van der Waals surface area contributed by atoms with Crippen LogP contribution in [-0.4, -0.2) is 27.2 Å². The van der Waals surface area contributed by atoms with Crippen LogP contribution in [0, 0.1) is 0 Å². The first-order valence-electron chi connectivity index (χ1n) is 6.61. The number of aromatic nitrogens is 4. The van der Waals surface area contributed by atoms with Crippen molar-refractivity contribution >= 4 is 0 Å². The van der Waals surface area contributed by atoms with Crippen LogP contribution in [0.3, 0.4) is 0 Å². The molecule has 4 N–H and O–H groups in total. The van der Waals surface area contributed by atoms with Gasteiger partial charge in [-0.1, -0.05) is 42.5 Å². The third kappa shape index (κ3) is 4.70. The SMILES string of the molecule is [NH3+]CCc1ccc(O)cc1.c1ccc(-c2nnn[n-]2)cc1. The minimum atomic E-state index is 0.327. The van der Waals surface area contributed by atoms with Crippen molar-refractivity contribution in [1.82, 2.24) is 20.6 Å². The van der Waals surface area contributed by atoms with E-state index in [1.807, 2.05) is 42.5 Å². The van der Waals surface area contributed by atoms with Gasteiger partial charge in [-0.2, -0.15) is 5.21 Å². The van der Waals surface area contributed by atoms with Crippen LogP contribution in [0.1, 0.15) is 5.56 Å². The highest BCUT2D eigenvalue weighted by Crippen LogP contribution is 2.10. The van der Waals surface area contributed by atoms with Gasteiger partial charge in [-0.25, -0.2) is 0 Å². The van der Waals surface area contributed by atoms with E-state index in [4.69, 9.17) is 5.11 Å². The lowest BCUT2D eigenvalue weighted by molar-refractivity contribution is -0.366. The van der Waals surface area contributed by atoms with Gasteiger partial charge in [0.05, 0.1) is 6.54 Å². The number of nitrogens with zero attached hydrogens (tertiary/aromatic N) is 4. The molecule has 0 aliphatic rings. The fourth-order valence-corrected chi connectivity index (χ4v) is 1.71. The smallest absolute Gasteiger partial charge is 0.115 e. The van der Waals surface area contributed by atoms with Crippen LogP contribution in [0.25, 0.3) is 11.4 Å². The van der Waals surface area contributed by atoms with E-state index < -0.39 is 0 Å². The summed E-state index contributed by atoms with van der Waals surface area (Å²) in [5, 5.41) is 23.1. The minimum Gasteiger partial charge on any atom is -0.508 e. The second kappa shape index (κ2) is 7.76. The van der Waals surface area contributed by atoms with Crippen LogP contribution in [0.2, 0.25) is 0 Å². The number of aromatic hydroxyl groups is 1. The molecule has 6 heteroatoms. The van der Waals surface area contributed by atoms with Gasteiger partial charge in [0, 0.05) is 12.2 Å². The number of benzene rings is 2. The van der Waals surface area contributed by atoms with E-state index in [0.717, 1.165) is 18.5 Å². The zero-order valence-electron chi connectivity index (χ0n) is 11.6. The fraction of sp³-hybridized carbons (Fsp3) is 0.133. The molecular formula is C15H17N5O. The summed E-state index contributed by atoms with van der Waals surface area (Å²) in [6.07, 6.45) is 0.986. The maximum Gasteiger partial charge on any atom is 0.115 e. The molecule has 0 radical (unpaired) electrons. The number of quaternary nitrogens is 1. The normalized spacial score (nSPS) is 9.76. The zero-order chi connectivity index (χ0) is 14.9. The number of hydrogen-bond acceptors (Lipinski definition) is 4. The molecule has 0 aliphatic heterocycles. The van der Waals surface area contributed by atoms with E-state index in [9.17, 15) is 0 Å². The Bertz CT molecular complexity index is 623. The molecule has 0 bridgehead atoms. The van der Waals surface area contributed by atoms with Crippen LogP contribution >= 0.6 is 0 Å². The topological polar surface area (TPSA) is 101 Å². The summed E-state index contributed by atoms with van der Waals surface area (Å²) in [6.45, 7) is 0.908. The van der Waals surface area contributed by atoms with E-state index >= 15 is 0 Å². The van der Waals surface area contributed by atoms with E-state index in [2.05, 4.69) is 26.4 Å². The van der Waals surface area contributed by atoms with Crippen LogP contribution in [0.4, 0.5) is 0 Å². The third-order valence-corrected chi connectivity index (χ3v) is 2.75. The van der Waals surface area contributed by atoms with Crippen molar-refractivity contribution in [3.05, 3.63) is 60.2 Å². The largest absolute Gasteiger partial charge is 0.508 e. The predicted octanol–water partition coefficient (Wildman–Crippen LogP) is 0.672. The Morgan fingerprint density at radius 3 is 2.29 bits per heavy atom. The Labute approximate surface area is 122 Å². The van der Waals surface area contributed by atoms with Gasteiger partial charge < -0.3 is 15.9 Å². The Hall–Kier alpha value is -2.73. The van der Waals surface area contributed by atoms with Crippen molar-refractivity contribution in [2.75, 3.05) is 6.54 Å². The highest BCUT2D eigenvalue weighted by Gasteiger charge is 1.91. The summed E-state index contributed by atoms with van der Waals surface area (Å²) in [7, 11) is 0. The van der Waals surface area contributed by atoms with E-state index in [1.54, 1.807) is 12.1 Å². The van der Waals surface area contributed by atoms with Crippen molar-refractivity contribution in [3.63, 3.8) is 0 Å². The van der Waals surface area contributed by atoms with E-state index in [0.29, 0.717) is 11.6 Å². The molecule has 0 saturated heterocycles. The van der Waals surface area contributed by atoms with Gasteiger partial charge >= 0.3 is 0 Å². The van der Waals surface area contributed by atoms with Gasteiger partial charge in [-0.05, 0) is 23.3 Å². The highest BCUT2D eigenvalue weighted by molar-refractivity contribution is 5.52. The lowest BCUT2D eigenvalue weighted by Gasteiger charge is -1.96. The summed E-state index contributed by atoms with van der Waals surface area (Å²) in [4.78, 5) is 0. The van der Waals surface area contributed by atoms with Gasteiger partial charge in [0.2, 0.25) is 0 Å². The van der Waals surface area contributed by atoms with Crippen molar-refractivity contribution in [2.45, 2.75) is 6.42 Å². The second-order valence-electron chi connectivity index (χ2n) is 4.34. The van der Waals surface area contributed by atoms with Crippen LogP contribution < -0.4 is 10.8 Å². The lowest BCUT2D eigenvalue weighted by atomic mass is 10.1. The number of hydrogen-bond donors (Lipinski definition) is 2. The zero-order valence-corrected chi connectivity index (χ0v) is 11.6. The molecule has 1 heterocycles. The molecule has 1 aromatic heterocycles. The molecule has 2 aromatic carbocycles. The maximum absolute atomic E-state index is 8.91. The van der Waals surface area contributed by atoms with Crippen LogP contribution in [0.5, 0.6) is 5.75 Å². The van der Waals surface area contributed by atoms with Gasteiger partial charge in [-0.3, -0.25) is 10.3 Å². The Morgan fingerprint density at radius 2 is 1.71 bits per heavy atom. The molecule has 0 amide bonds. The molecule has 3 aromatic rings. The molecule has 3 rings (SSSR count). The monoisotopic (exact) mass is 283 g/mol. The fourth-order valence-electron chi connectivity index (χ4n) is 1.71. The molecule has 21 heavy (non-hydrogen) atoms. The third-order valence-electron chi connectivity index (χ3n) is 2.75. The summed E-state index contributed by atoms with van der Waals surface area (Å²) in [5.74, 6) is 0.901. The Morgan fingerprint density at radius 1 is 1.00 bits per heavy atom. The second-order valence-corrected chi connectivity index (χ2v) is 4.34. The van der Waals surface area contributed by atoms with Crippen molar-refractivity contribution in [1.29, 1.82) is 0 Å². The molecular weight excluding hydrogens is 266 g/mol. The van der Waals surface area contributed by atoms with Gasteiger partial charge in [0.25, 0.3) is 0 Å². The summed E-state index contributed by atoms with van der Waals surface area (Å²) >= 11 is 0. The summed E-state index contributed by atoms with van der Waals surface area (Å²) in [6, 6.07) is 16.8. The van der Waals surface area contributed by atoms with Gasteiger partial charge in [-0.15, -0.1) is 0 Å². The Balaban J connectivity index is 0.000000155. The number of rotatable bonds is 3. The van der Waals surface area contributed by atoms with E-state index in [1.165, 1.54) is 5.56 Å². The Kier molecular flexibility index (Phi) is 5.42. The molecule has 0 aliphatic carbocycles. The maximum atomic E-state index is 8.91. The van der Waals surface area contributed by atoms with Gasteiger partial charge in [0.15, 0.2) is 0 Å². The van der Waals surface area contributed by atoms with Crippen molar-refractivity contribution in [3.8, 4) is 17.1 Å². The number of phenols is 1. The quantitative estimate of drug-likeness (QED) is 0.736. The first-order valence-corrected chi connectivity index (χ1v) is 6.61. The molecule has 108 valence electrons. The molecule has 0 spiro atoms. The first-order chi connectivity index (χ1) is 10.3. The van der Waals surface area contributed by atoms with Crippen molar-refractivity contribution in [2.24, 2.45) is 0 Å². The average molecular weight is 283 g/mol. The van der Waals surface area contributed by atoms with Gasteiger partial charge in [0.1, 0.15) is 5.75 Å². The minimum absolute atomic E-state index is 0.327. The molecule has 0 unspecified atom stereocenters. The van der Waals surface area contributed by atoms with Crippen LogP contribution in [0.15, 0.2) is 54.6 Å². The molecule has 0 saturated carbocycles. The molecule has 0 atom stereocenters. The highest BCUT2D eigenvalue weighted by atomic mass is 16.3. The lowest BCUT2D eigenvalue weighted by Crippen LogP contribution is -2.51. The number of phenolic OH excluding ortho intramolecular Hbond substituents is 1. The van der Waals surface area contributed by atoms with Crippen LogP contribution in [-0.2, 0) is 6.42 Å². The first kappa shape index (κ1) is 14.7. The summed E-state index contributed by atoms with van der Waals surface area (Å²) < 4.78 is 0. The van der Waals surface area contributed by atoms with E-state index in [-0.39, 0.29) is 0 Å². The van der Waals surface area contributed by atoms with Crippen molar-refractivity contribution < 1.29 is 10.8 Å². The molecule has 0 fully saturated rings. The average Bonchev–Trinajstić information content (AvgIpc) is 3.06.